The van der Waals surface area contributed by atoms with E-state index in [1.165, 1.54) is 42.6 Å². The number of rotatable bonds is 3. The molecule has 0 amide bonds. The third-order valence-corrected chi connectivity index (χ3v) is 2.94. The maximum atomic E-state index is 5.51. The summed E-state index contributed by atoms with van der Waals surface area (Å²) in [7, 11) is 0. The minimum atomic E-state index is 0.683. The van der Waals surface area contributed by atoms with Crippen molar-refractivity contribution in [2.45, 2.75) is 32.1 Å². The van der Waals surface area contributed by atoms with E-state index in [0.29, 0.717) is 6.54 Å². The van der Waals surface area contributed by atoms with Crippen LogP contribution in [0, 0.1) is 0 Å². The van der Waals surface area contributed by atoms with Crippen LogP contribution >= 0.6 is 0 Å². The predicted molar refractivity (Wildman–Crippen MR) is 60.1 cm³/mol. The number of nitrogens with one attached hydrogen (secondary N) is 1. The number of H-pyrrole nitrogens is 1. The van der Waals surface area contributed by atoms with E-state index in [0.717, 1.165) is 12.0 Å². The van der Waals surface area contributed by atoms with E-state index in [1.807, 2.05) is 0 Å². The second kappa shape index (κ2) is 4.01. The summed E-state index contributed by atoms with van der Waals surface area (Å²) in [6, 6.07) is 2.26. The molecule has 0 bridgehead atoms. The Kier molecular flexibility index (Phi) is 2.73. The predicted octanol–water partition coefficient (Wildman–Crippen LogP) is 2.26. The topological polar surface area (TPSA) is 41.8 Å². The Morgan fingerprint density at radius 1 is 1.43 bits per heavy atom. The lowest BCUT2D eigenvalue weighted by Crippen LogP contribution is -2.00. The van der Waals surface area contributed by atoms with Crippen molar-refractivity contribution in [3.63, 3.8) is 0 Å². The standard InChI is InChI=1S/C12H18N2/c1-9(6-7-13)12-8-10-4-2-3-5-11(10)14-12/h8,14H,1-7,13H2. The Bertz CT molecular complexity index is 313. The van der Waals surface area contributed by atoms with Gasteiger partial charge in [-0.3, -0.25) is 0 Å². The molecule has 1 heterocycles. The molecule has 0 aliphatic heterocycles. The third kappa shape index (κ3) is 1.75. The number of fused-ring (bicyclic) bond motifs is 1. The van der Waals surface area contributed by atoms with Crippen LogP contribution in [0.4, 0.5) is 0 Å². The quantitative estimate of drug-likeness (QED) is 0.754. The first-order chi connectivity index (χ1) is 6.81. The summed E-state index contributed by atoms with van der Waals surface area (Å²) in [5.41, 5.74) is 10.8. The van der Waals surface area contributed by atoms with Gasteiger partial charge in [-0.05, 0) is 55.9 Å². The Labute approximate surface area is 85.2 Å². The fourth-order valence-corrected chi connectivity index (χ4v) is 2.10. The largest absolute Gasteiger partial charge is 0.358 e. The van der Waals surface area contributed by atoms with Crippen molar-refractivity contribution >= 4 is 5.57 Å². The summed E-state index contributed by atoms with van der Waals surface area (Å²) in [6.07, 6.45) is 5.95. The van der Waals surface area contributed by atoms with E-state index < -0.39 is 0 Å². The highest BCUT2D eigenvalue weighted by Gasteiger charge is 2.13. The summed E-state index contributed by atoms with van der Waals surface area (Å²) in [5.74, 6) is 0. The van der Waals surface area contributed by atoms with Crippen LogP contribution in [0.2, 0.25) is 0 Å². The molecule has 2 rings (SSSR count). The molecule has 3 N–H and O–H groups in total. The van der Waals surface area contributed by atoms with Crippen molar-refractivity contribution in [1.29, 1.82) is 0 Å². The second-order valence-electron chi connectivity index (χ2n) is 4.04. The van der Waals surface area contributed by atoms with Gasteiger partial charge in [-0.2, -0.15) is 0 Å². The first-order valence-electron chi connectivity index (χ1n) is 5.40. The fourth-order valence-electron chi connectivity index (χ4n) is 2.10. The number of aromatic nitrogens is 1. The van der Waals surface area contributed by atoms with Gasteiger partial charge in [0, 0.05) is 11.4 Å². The normalized spacial score (nSPS) is 15.2. The zero-order valence-electron chi connectivity index (χ0n) is 8.60. The van der Waals surface area contributed by atoms with E-state index in [2.05, 4.69) is 17.6 Å². The first-order valence-corrected chi connectivity index (χ1v) is 5.40. The van der Waals surface area contributed by atoms with Gasteiger partial charge >= 0.3 is 0 Å². The van der Waals surface area contributed by atoms with Crippen LogP contribution in [-0.2, 0) is 12.8 Å². The van der Waals surface area contributed by atoms with Crippen LogP contribution in [-0.4, -0.2) is 11.5 Å². The van der Waals surface area contributed by atoms with Gasteiger partial charge < -0.3 is 10.7 Å². The minimum absolute atomic E-state index is 0.683. The Balaban J connectivity index is 2.19. The average molecular weight is 190 g/mol. The number of aryl methyl sites for hydroxylation is 2. The molecular formula is C12H18N2. The summed E-state index contributed by atoms with van der Waals surface area (Å²) >= 11 is 0. The summed E-state index contributed by atoms with van der Waals surface area (Å²) in [6.45, 7) is 4.73. The van der Waals surface area contributed by atoms with Crippen molar-refractivity contribution in [3.05, 3.63) is 29.6 Å². The van der Waals surface area contributed by atoms with Crippen LogP contribution < -0.4 is 5.73 Å². The maximum Gasteiger partial charge on any atom is 0.0412 e. The van der Waals surface area contributed by atoms with Crippen LogP contribution in [0.1, 0.15) is 36.2 Å². The molecule has 14 heavy (non-hydrogen) atoms. The summed E-state index contributed by atoms with van der Waals surface area (Å²) < 4.78 is 0. The van der Waals surface area contributed by atoms with Crippen LogP contribution in [0.5, 0.6) is 0 Å². The molecule has 0 fully saturated rings. The average Bonchev–Trinajstić information content (AvgIpc) is 2.61. The highest BCUT2D eigenvalue weighted by atomic mass is 14.7. The van der Waals surface area contributed by atoms with Crippen molar-refractivity contribution in [3.8, 4) is 0 Å². The van der Waals surface area contributed by atoms with Gasteiger partial charge in [-0.15, -0.1) is 0 Å². The highest BCUT2D eigenvalue weighted by Crippen LogP contribution is 2.25. The number of hydrogen-bond acceptors (Lipinski definition) is 1. The molecule has 0 spiro atoms. The van der Waals surface area contributed by atoms with E-state index in [4.69, 9.17) is 5.73 Å². The molecule has 0 aromatic carbocycles. The lowest BCUT2D eigenvalue weighted by Gasteiger charge is -2.09. The van der Waals surface area contributed by atoms with Crippen LogP contribution in [0.25, 0.3) is 5.57 Å². The zero-order valence-corrected chi connectivity index (χ0v) is 8.60. The van der Waals surface area contributed by atoms with Crippen LogP contribution in [0.3, 0.4) is 0 Å². The van der Waals surface area contributed by atoms with Crippen LogP contribution in [0.15, 0.2) is 12.6 Å². The SMILES string of the molecule is C=C(CCN)c1cc2c([nH]1)CCCC2. The van der Waals surface area contributed by atoms with Gasteiger partial charge in [0.15, 0.2) is 0 Å². The third-order valence-electron chi connectivity index (χ3n) is 2.94. The van der Waals surface area contributed by atoms with Crippen molar-refractivity contribution < 1.29 is 0 Å². The minimum Gasteiger partial charge on any atom is -0.358 e. The van der Waals surface area contributed by atoms with Crippen molar-refractivity contribution in [2.75, 3.05) is 6.54 Å². The van der Waals surface area contributed by atoms with Gasteiger partial charge in [0.25, 0.3) is 0 Å². The van der Waals surface area contributed by atoms with E-state index in [9.17, 15) is 0 Å². The Morgan fingerprint density at radius 3 is 2.93 bits per heavy atom. The zero-order chi connectivity index (χ0) is 9.97. The molecule has 76 valence electrons. The van der Waals surface area contributed by atoms with E-state index in [1.54, 1.807) is 0 Å². The van der Waals surface area contributed by atoms with Crippen molar-refractivity contribution in [2.24, 2.45) is 5.73 Å². The second-order valence-corrected chi connectivity index (χ2v) is 4.04. The highest BCUT2D eigenvalue weighted by molar-refractivity contribution is 5.62. The molecule has 0 saturated heterocycles. The molecule has 1 aromatic heterocycles. The molecule has 1 aliphatic rings. The molecule has 2 heteroatoms. The number of hydrogen-bond donors (Lipinski definition) is 2. The maximum absolute atomic E-state index is 5.51. The number of aromatic amines is 1. The van der Waals surface area contributed by atoms with Crippen molar-refractivity contribution in [1.82, 2.24) is 4.98 Å². The molecule has 1 aliphatic carbocycles. The van der Waals surface area contributed by atoms with Gasteiger partial charge in [-0.25, -0.2) is 0 Å². The van der Waals surface area contributed by atoms with Gasteiger partial charge in [0.2, 0.25) is 0 Å². The molecule has 0 saturated carbocycles. The lowest BCUT2D eigenvalue weighted by molar-refractivity contribution is 0.677. The van der Waals surface area contributed by atoms with Gasteiger partial charge in [0.1, 0.15) is 0 Å². The van der Waals surface area contributed by atoms with E-state index >= 15 is 0 Å². The molecule has 0 atom stereocenters. The molecule has 2 nitrogen and oxygen atoms in total. The Hall–Kier alpha value is -1.02. The molecule has 0 radical (unpaired) electrons. The summed E-state index contributed by atoms with van der Waals surface area (Å²) in [5, 5.41) is 0. The summed E-state index contributed by atoms with van der Waals surface area (Å²) in [4.78, 5) is 3.46. The van der Waals surface area contributed by atoms with Gasteiger partial charge in [0.05, 0.1) is 0 Å². The fraction of sp³-hybridized carbons (Fsp3) is 0.500. The molecular weight excluding hydrogens is 172 g/mol. The monoisotopic (exact) mass is 190 g/mol. The number of nitrogens with two attached hydrogens (primary N) is 1. The van der Waals surface area contributed by atoms with E-state index in [-0.39, 0.29) is 0 Å². The molecule has 0 unspecified atom stereocenters. The first kappa shape index (κ1) is 9.53. The Morgan fingerprint density at radius 2 is 2.21 bits per heavy atom. The lowest BCUT2D eigenvalue weighted by atomic mass is 9.98. The molecule has 1 aromatic rings. The van der Waals surface area contributed by atoms with Gasteiger partial charge in [-0.1, -0.05) is 6.58 Å². The smallest absolute Gasteiger partial charge is 0.0412 e.